The summed E-state index contributed by atoms with van der Waals surface area (Å²) in [5.74, 6) is 0.917. The van der Waals surface area contributed by atoms with E-state index >= 15 is 0 Å². The Morgan fingerprint density at radius 3 is 2.50 bits per heavy atom. The summed E-state index contributed by atoms with van der Waals surface area (Å²) in [4.78, 5) is 12.4. The van der Waals surface area contributed by atoms with Gasteiger partial charge < -0.3 is 5.32 Å². The molecule has 1 heterocycles. The lowest BCUT2D eigenvalue weighted by Gasteiger charge is -2.33. The van der Waals surface area contributed by atoms with E-state index < -0.39 is 0 Å². The van der Waals surface area contributed by atoms with Crippen LogP contribution >= 0.6 is 0 Å². The minimum atomic E-state index is 0.0271. The van der Waals surface area contributed by atoms with Gasteiger partial charge in [-0.1, -0.05) is 51.1 Å². The van der Waals surface area contributed by atoms with Crippen LogP contribution < -0.4 is 5.32 Å². The van der Waals surface area contributed by atoms with Crippen LogP contribution in [-0.2, 0) is 4.79 Å². The molecule has 5 nitrogen and oxygen atoms in total. The van der Waals surface area contributed by atoms with Crippen molar-refractivity contribution in [3.05, 3.63) is 41.7 Å². The van der Waals surface area contributed by atoms with E-state index in [0.29, 0.717) is 12.5 Å². The number of nitrogens with zero attached hydrogens (tertiary/aromatic N) is 3. The molecule has 5 heteroatoms. The summed E-state index contributed by atoms with van der Waals surface area (Å²) in [7, 11) is 0. The number of nitrogens with one attached hydrogen (secondary N) is 1. The average Bonchev–Trinajstić information content (AvgIpc) is 3.00. The summed E-state index contributed by atoms with van der Waals surface area (Å²) in [6.45, 7) is 10.5. The molecule has 1 aromatic heterocycles. The van der Waals surface area contributed by atoms with Crippen molar-refractivity contribution in [3.8, 4) is 0 Å². The smallest absolute Gasteiger partial charge is 0.225 e. The molecule has 2 aromatic rings. The van der Waals surface area contributed by atoms with Crippen LogP contribution in [0.2, 0.25) is 0 Å². The molecule has 0 bridgehead atoms. The summed E-state index contributed by atoms with van der Waals surface area (Å²) in [5.41, 5.74) is 2.92. The van der Waals surface area contributed by atoms with Gasteiger partial charge in [0.25, 0.3) is 0 Å². The van der Waals surface area contributed by atoms with Crippen LogP contribution in [0.4, 0.5) is 5.69 Å². The zero-order chi connectivity index (χ0) is 19.1. The number of hydrogen-bond donors (Lipinski definition) is 1. The first kappa shape index (κ1) is 20.1. The molecule has 0 unspecified atom stereocenters. The van der Waals surface area contributed by atoms with Gasteiger partial charge in [0, 0.05) is 18.0 Å². The van der Waals surface area contributed by atoms with E-state index in [1.165, 1.54) is 12.8 Å². The van der Waals surface area contributed by atoms with Crippen molar-refractivity contribution in [2.24, 2.45) is 5.92 Å². The maximum absolute atomic E-state index is 12.4. The van der Waals surface area contributed by atoms with Gasteiger partial charge in [-0.25, -0.2) is 4.68 Å². The SMILES string of the molecule is CC.CC[C@@H](CC(=O)Nc1ccccc1)c1nnn(C2CC(C)C2)c1C. The lowest BCUT2D eigenvalue weighted by atomic mass is 9.82. The molecule has 0 saturated heterocycles. The number of aromatic nitrogens is 3. The summed E-state index contributed by atoms with van der Waals surface area (Å²) in [6, 6.07) is 10.1. The lowest BCUT2D eigenvalue weighted by Crippen LogP contribution is -2.26. The second-order valence-corrected chi connectivity index (χ2v) is 6.96. The number of carbonyl (C=O) groups is 1. The lowest BCUT2D eigenvalue weighted by molar-refractivity contribution is -0.116. The molecule has 1 saturated carbocycles. The topological polar surface area (TPSA) is 59.8 Å². The predicted octanol–water partition coefficient (Wildman–Crippen LogP) is 5.11. The first-order valence-electron chi connectivity index (χ1n) is 9.85. The van der Waals surface area contributed by atoms with Gasteiger partial charge in [0.05, 0.1) is 17.4 Å². The van der Waals surface area contributed by atoms with E-state index in [4.69, 9.17) is 0 Å². The highest BCUT2D eigenvalue weighted by molar-refractivity contribution is 5.91. The number of amides is 1. The van der Waals surface area contributed by atoms with E-state index in [2.05, 4.69) is 41.1 Å². The van der Waals surface area contributed by atoms with E-state index in [1.54, 1.807) is 0 Å². The molecule has 1 aliphatic carbocycles. The van der Waals surface area contributed by atoms with Gasteiger partial charge in [-0.05, 0) is 44.2 Å². The van der Waals surface area contributed by atoms with Crippen LogP contribution in [0, 0.1) is 12.8 Å². The fraction of sp³-hybridized carbons (Fsp3) is 0.571. The first-order valence-corrected chi connectivity index (χ1v) is 9.85. The number of benzene rings is 1. The monoisotopic (exact) mass is 356 g/mol. The van der Waals surface area contributed by atoms with Crippen molar-refractivity contribution in [3.63, 3.8) is 0 Å². The Morgan fingerprint density at radius 1 is 1.27 bits per heavy atom. The Bertz CT molecular complexity index is 689. The predicted molar refractivity (Wildman–Crippen MR) is 106 cm³/mol. The summed E-state index contributed by atoms with van der Waals surface area (Å²) < 4.78 is 2.06. The van der Waals surface area contributed by atoms with Crippen molar-refractivity contribution < 1.29 is 4.79 Å². The molecule has 26 heavy (non-hydrogen) atoms. The third kappa shape index (κ3) is 4.71. The van der Waals surface area contributed by atoms with E-state index in [0.717, 1.165) is 29.4 Å². The van der Waals surface area contributed by atoms with Crippen LogP contribution in [0.1, 0.15) is 76.7 Å². The highest BCUT2D eigenvalue weighted by Gasteiger charge is 2.31. The molecule has 1 aliphatic rings. The molecule has 3 rings (SSSR count). The standard InChI is InChI=1S/C19H26N4O.C2H6/c1-4-15(12-18(24)20-16-8-6-5-7-9-16)19-14(3)23(22-21-19)17-10-13(2)11-17;1-2/h5-9,13,15,17H,4,10-12H2,1-3H3,(H,20,24);1-2H3/t13?,15-,17?;/m0./s1. The van der Waals surface area contributed by atoms with Crippen LogP contribution in [0.25, 0.3) is 0 Å². The third-order valence-corrected chi connectivity index (χ3v) is 5.03. The van der Waals surface area contributed by atoms with Crippen LogP contribution in [-0.4, -0.2) is 20.9 Å². The minimum absolute atomic E-state index is 0.0271. The molecule has 0 spiro atoms. The zero-order valence-electron chi connectivity index (χ0n) is 16.7. The molecule has 1 aromatic carbocycles. The quantitative estimate of drug-likeness (QED) is 0.783. The van der Waals surface area contributed by atoms with Crippen molar-refractivity contribution >= 4 is 11.6 Å². The van der Waals surface area contributed by atoms with Crippen molar-refractivity contribution in [2.45, 2.75) is 72.3 Å². The highest BCUT2D eigenvalue weighted by atomic mass is 16.1. The van der Waals surface area contributed by atoms with Gasteiger partial charge in [-0.3, -0.25) is 4.79 Å². The number of carbonyl (C=O) groups excluding carboxylic acids is 1. The van der Waals surface area contributed by atoms with Crippen LogP contribution in [0.15, 0.2) is 30.3 Å². The summed E-state index contributed by atoms with van der Waals surface area (Å²) in [6.07, 6.45) is 3.67. The Balaban J connectivity index is 0.00000117. The molecule has 1 amide bonds. The Kier molecular flexibility index (Phi) is 7.37. The summed E-state index contributed by atoms with van der Waals surface area (Å²) in [5, 5.41) is 11.7. The fourth-order valence-electron chi connectivity index (χ4n) is 3.53. The molecule has 1 atom stereocenters. The van der Waals surface area contributed by atoms with Crippen LogP contribution in [0.3, 0.4) is 0 Å². The maximum Gasteiger partial charge on any atom is 0.225 e. The Hall–Kier alpha value is -2.17. The zero-order valence-corrected chi connectivity index (χ0v) is 16.7. The van der Waals surface area contributed by atoms with Crippen molar-refractivity contribution in [2.75, 3.05) is 5.32 Å². The van der Waals surface area contributed by atoms with Crippen molar-refractivity contribution in [1.29, 1.82) is 0 Å². The normalized spacial score (nSPS) is 19.7. The van der Waals surface area contributed by atoms with Gasteiger partial charge >= 0.3 is 0 Å². The maximum atomic E-state index is 12.4. The molecule has 142 valence electrons. The minimum Gasteiger partial charge on any atom is -0.326 e. The number of rotatable bonds is 6. The average molecular weight is 357 g/mol. The largest absolute Gasteiger partial charge is 0.326 e. The first-order chi connectivity index (χ1) is 12.6. The van der Waals surface area contributed by atoms with Gasteiger partial charge in [0.2, 0.25) is 5.91 Å². The highest BCUT2D eigenvalue weighted by Crippen LogP contribution is 2.38. The Labute approximate surface area is 157 Å². The van der Waals surface area contributed by atoms with E-state index in [1.807, 2.05) is 44.2 Å². The molecular formula is C21H32N4O. The molecular weight excluding hydrogens is 324 g/mol. The second-order valence-electron chi connectivity index (χ2n) is 6.96. The molecule has 0 aliphatic heterocycles. The number of para-hydroxylation sites is 1. The summed E-state index contributed by atoms with van der Waals surface area (Å²) >= 11 is 0. The van der Waals surface area contributed by atoms with Crippen molar-refractivity contribution in [1.82, 2.24) is 15.0 Å². The Morgan fingerprint density at radius 2 is 1.92 bits per heavy atom. The van der Waals surface area contributed by atoms with Gasteiger partial charge in [0.15, 0.2) is 0 Å². The van der Waals surface area contributed by atoms with Gasteiger partial charge in [0.1, 0.15) is 0 Å². The molecule has 1 fully saturated rings. The number of anilines is 1. The second kappa shape index (κ2) is 9.51. The fourth-order valence-corrected chi connectivity index (χ4v) is 3.53. The molecule has 0 radical (unpaired) electrons. The van der Waals surface area contributed by atoms with Gasteiger partial charge in [-0.2, -0.15) is 0 Å². The number of hydrogen-bond acceptors (Lipinski definition) is 3. The van der Waals surface area contributed by atoms with E-state index in [-0.39, 0.29) is 11.8 Å². The van der Waals surface area contributed by atoms with E-state index in [9.17, 15) is 4.79 Å². The van der Waals surface area contributed by atoms with Crippen LogP contribution in [0.5, 0.6) is 0 Å². The third-order valence-electron chi connectivity index (χ3n) is 5.03. The van der Waals surface area contributed by atoms with Gasteiger partial charge in [-0.15, -0.1) is 5.10 Å². The molecule has 1 N–H and O–H groups in total.